The van der Waals surface area contributed by atoms with Gasteiger partial charge < -0.3 is 19.9 Å². The molecule has 11 heteroatoms. The van der Waals surface area contributed by atoms with Gasteiger partial charge in [0.2, 0.25) is 5.95 Å². The van der Waals surface area contributed by atoms with Gasteiger partial charge in [0.05, 0.1) is 25.5 Å². The van der Waals surface area contributed by atoms with Gasteiger partial charge in [-0.3, -0.25) is 19.5 Å². The number of ketones is 1. The van der Waals surface area contributed by atoms with Gasteiger partial charge in [-0.05, 0) is 55.8 Å². The average molecular weight is 642 g/mol. The van der Waals surface area contributed by atoms with E-state index in [0.717, 1.165) is 108 Å². The molecule has 252 valence electrons. The standard InChI is InChI=1S/C36H51N9O2/c1-28-6-5-13-42(3)35-10-9-30(23-38-35)33-11-12-37-36(40-33)39-31-8-4-7-29(22-31)24-45-19-18-44(26-34(28)46)25-32(45)27-47-21-20-43-16-14-41(2)15-17-43/h4,7-12,22-23,28,32H,5-6,13-21,24-27H2,1-3H3,(H,37,39,40). The maximum atomic E-state index is 13.4. The first-order chi connectivity index (χ1) is 22.9. The lowest BCUT2D eigenvalue weighted by molar-refractivity contribution is -0.124. The van der Waals surface area contributed by atoms with E-state index in [1.165, 1.54) is 5.56 Å². The molecule has 8 bridgehead atoms. The molecule has 0 radical (unpaired) electrons. The minimum Gasteiger partial charge on any atom is -0.378 e. The monoisotopic (exact) mass is 641 g/mol. The first kappa shape index (κ1) is 33.4. The SMILES string of the molecule is CC1CCCN(C)c2ccc(cn2)-c2ccnc(n2)Nc2cccc(c2)CN2CCN(CC1=O)CC2COCCN1CCN(C)CC1. The van der Waals surface area contributed by atoms with Gasteiger partial charge in [0.25, 0.3) is 0 Å². The Balaban J connectivity index is 1.18. The van der Waals surface area contributed by atoms with Crippen LogP contribution in [0.3, 0.4) is 0 Å². The van der Waals surface area contributed by atoms with Crippen molar-refractivity contribution in [1.29, 1.82) is 0 Å². The van der Waals surface area contributed by atoms with Crippen molar-refractivity contribution < 1.29 is 9.53 Å². The molecule has 1 aromatic carbocycles. The molecule has 6 aliphatic rings. The highest BCUT2D eigenvalue weighted by Gasteiger charge is 2.29. The van der Waals surface area contributed by atoms with E-state index in [2.05, 4.69) is 86.2 Å². The van der Waals surface area contributed by atoms with E-state index in [1.54, 1.807) is 6.20 Å². The molecule has 0 saturated carbocycles. The van der Waals surface area contributed by atoms with Crippen LogP contribution < -0.4 is 10.2 Å². The Bertz CT molecular complexity index is 1450. The van der Waals surface area contributed by atoms with Crippen molar-refractivity contribution in [2.75, 3.05) is 103 Å². The molecule has 0 spiro atoms. The highest BCUT2D eigenvalue weighted by atomic mass is 16.5. The summed E-state index contributed by atoms with van der Waals surface area (Å²) < 4.78 is 6.35. The number of nitrogens with zero attached hydrogens (tertiary/aromatic N) is 8. The van der Waals surface area contributed by atoms with Crippen LogP contribution in [0.5, 0.6) is 0 Å². The first-order valence-corrected chi connectivity index (χ1v) is 17.2. The molecule has 2 fully saturated rings. The normalized spacial score (nSPS) is 25.1. The lowest BCUT2D eigenvalue weighted by Gasteiger charge is -2.41. The summed E-state index contributed by atoms with van der Waals surface area (Å²) in [7, 11) is 4.25. The molecular weight excluding hydrogens is 590 g/mol. The summed E-state index contributed by atoms with van der Waals surface area (Å²) in [6.07, 6.45) is 5.45. The van der Waals surface area contributed by atoms with Crippen molar-refractivity contribution in [1.82, 2.24) is 34.6 Å². The fourth-order valence-corrected chi connectivity index (χ4v) is 6.69. The van der Waals surface area contributed by atoms with Gasteiger partial charge in [-0.15, -0.1) is 0 Å². The predicted octanol–water partition coefficient (Wildman–Crippen LogP) is 3.47. The summed E-state index contributed by atoms with van der Waals surface area (Å²) in [5.74, 6) is 1.82. The number of anilines is 3. The number of carbonyl (C=O) groups is 1. The zero-order chi connectivity index (χ0) is 32.6. The number of piperazine rings is 2. The topological polar surface area (TPSA) is 93.2 Å². The molecule has 4 unspecified atom stereocenters. The predicted molar refractivity (Wildman–Crippen MR) is 187 cm³/mol. The summed E-state index contributed by atoms with van der Waals surface area (Å²) in [5, 5.41) is 3.42. The van der Waals surface area contributed by atoms with Crippen LogP contribution in [0.25, 0.3) is 11.3 Å². The molecular formula is C36H51N9O2. The van der Waals surface area contributed by atoms with E-state index in [1.807, 2.05) is 18.3 Å². The lowest BCUT2D eigenvalue weighted by atomic mass is 9.99. The Labute approximate surface area is 279 Å². The number of aromatic nitrogens is 3. The zero-order valence-electron chi connectivity index (χ0n) is 28.4. The quantitative estimate of drug-likeness (QED) is 0.416. The number of hydrogen-bond acceptors (Lipinski definition) is 11. The summed E-state index contributed by atoms with van der Waals surface area (Å²) in [5.41, 5.74) is 3.93. The van der Waals surface area contributed by atoms with Gasteiger partial charge in [-0.25, -0.2) is 15.0 Å². The van der Waals surface area contributed by atoms with E-state index in [4.69, 9.17) is 14.7 Å². The molecule has 11 nitrogen and oxygen atoms in total. The molecule has 4 atom stereocenters. The number of Topliss-reactive ketones (excluding diaryl/α,β-unsaturated/α-hetero) is 1. The third kappa shape index (κ3) is 9.33. The van der Waals surface area contributed by atoms with Crippen LogP contribution >= 0.6 is 0 Å². The minimum absolute atomic E-state index is 0.0267. The smallest absolute Gasteiger partial charge is 0.227 e. The first-order valence-electron chi connectivity index (χ1n) is 17.2. The van der Waals surface area contributed by atoms with Crippen molar-refractivity contribution in [3.63, 3.8) is 0 Å². The number of carbonyl (C=O) groups excluding carboxylic acids is 1. The molecule has 1 N–H and O–H groups in total. The van der Waals surface area contributed by atoms with Crippen molar-refractivity contribution >= 4 is 23.2 Å². The van der Waals surface area contributed by atoms with Crippen LogP contribution in [-0.4, -0.2) is 139 Å². The van der Waals surface area contributed by atoms with Crippen molar-refractivity contribution in [2.24, 2.45) is 5.92 Å². The second-order valence-corrected chi connectivity index (χ2v) is 13.5. The maximum absolute atomic E-state index is 13.4. The summed E-state index contributed by atoms with van der Waals surface area (Å²) in [6, 6.07) is 14.7. The van der Waals surface area contributed by atoms with Crippen LogP contribution in [0.4, 0.5) is 17.5 Å². The Kier molecular flexibility index (Phi) is 11.4. The zero-order valence-corrected chi connectivity index (χ0v) is 28.4. The number of benzene rings is 1. The molecule has 6 aliphatic heterocycles. The molecule has 8 heterocycles. The maximum Gasteiger partial charge on any atom is 0.227 e. The fourth-order valence-electron chi connectivity index (χ4n) is 6.69. The van der Waals surface area contributed by atoms with Crippen LogP contribution in [0.1, 0.15) is 25.3 Å². The number of hydrogen-bond donors (Lipinski definition) is 1. The van der Waals surface area contributed by atoms with Crippen molar-refractivity contribution in [3.8, 4) is 11.3 Å². The Hall–Kier alpha value is -3.48. The van der Waals surface area contributed by atoms with Crippen molar-refractivity contribution in [2.45, 2.75) is 32.4 Å². The van der Waals surface area contributed by atoms with E-state index in [9.17, 15) is 4.79 Å². The molecule has 2 saturated heterocycles. The third-order valence-corrected chi connectivity index (χ3v) is 9.87. The summed E-state index contributed by atoms with van der Waals surface area (Å²) in [6.45, 7) is 13.6. The van der Waals surface area contributed by atoms with Gasteiger partial charge in [-0.2, -0.15) is 0 Å². The van der Waals surface area contributed by atoms with E-state index in [-0.39, 0.29) is 12.0 Å². The van der Waals surface area contributed by atoms with Gasteiger partial charge in [0, 0.05) is 108 Å². The number of likely N-dealkylation sites (N-methyl/N-ethyl adjacent to an activating group) is 1. The van der Waals surface area contributed by atoms with Gasteiger partial charge >= 0.3 is 0 Å². The van der Waals surface area contributed by atoms with E-state index < -0.39 is 0 Å². The van der Waals surface area contributed by atoms with E-state index >= 15 is 0 Å². The number of pyridine rings is 1. The average Bonchev–Trinajstić information content (AvgIpc) is 3.08. The minimum atomic E-state index is 0.0267. The van der Waals surface area contributed by atoms with E-state index in [0.29, 0.717) is 24.9 Å². The van der Waals surface area contributed by atoms with Crippen molar-refractivity contribution in [3.05, 3.63) is 60.4 Å². The van der Waals surface area contributed by atoms with Crippen LogP contribution in [-0.2, 0) is 16.1 Å². The highest BCUT2D eigenvalue weighted by molar-refractivity contribution is 5.82. The molecule has 2 aromatic heterocycles. The summed E-state index contributed by atoms with van der Waals surface area (Å²) >= 11 is 0. The third-order valence-electron chi connectivity index (χ3n) is 9.87. The molecule has 0 aliphatic carbocycles. The van der Waals surface area contributed by atoms with Crippen LogP contribution in [0, 0.1) is 5.92 Å². The van der Waals surface area contributed by atoms with Gasteiger partial charge in [0.1, 0.15) is 11.6 Å². The molecule has 3 aromatic rings. The largest absolute Gasteiger partial charge is 0.378 e. The molecule has 9 rings (SSSR count). The Morgan fingerprint density at radius 1 is 0.957 bits per heavy atom. The number of ether oxygens (including phenoxy) is 1. The van der Waals surface area contributed by atoms with Crippen LogP contribution in [0.15, 0.2) is 54.9 Å². The second kappa shape index (κ2) is 16.1. The van der Waals surface area contributed by atoms with Gasteiger partial charge in [-0.1, -0.05) is 19.1 Å². The summed E-state index contributed by atoms with van der Waals surface area (Å²) in [4.78, 5) is 39.3. The Morgan fingerprint density at radius 2 is 1.83 bits per heavy atom. The molecule has 47 heavy (non-hydrogen) atoms. The molecule has 0 amide bonds. The number of rotatable bonds is 5. The van der Waals surface area contributed by atoms with Gasteiger partial charge in [0.15, 0.2) is 0 Å². The lowest BCUT2D eigenvalue weighted by Crippen LogP contribution is -2.55. The van der Waals surface area contributed by atoms with Crippen LogP contribution in [0.2, 0.25) is 0 Å². The Morgan fingerprint density at radius 3 is 2.66 bits per heavy atom. The second-order valence-electron chi connectivity index (χ2n) is 13.5. The highest BCUT2D eigenvalue weighted by Crippen LogP contribution is 2.23. The fraction of sp³-hybridized carbons (Fsp3) is 0.556. The number of nitrogens with one attached hydrogen (secondary N) is 1.